The minimum Gasteiger partial charge on any atom is -0.371 e. The average Bonchev–Trinajstić information content (AvgIpc) is 3.13. The highest BCUT2D eigenvalue weighted by Crippen LogP contribution is 2.20. The van der Waals surface area contributed by atoms with E-state index in [0.29, 0.717) is 6.10 Å². The Morgan fingerprint density at radius 2 is 2.06 bits per heavy atom. The van der Waals surface area contributed by atoms with Crippen LogP contribution in [0.3, 0.4) is 0 Å². The highest BCUT2D eigenvalue weighted by Gasteiger charge is 2.26. The van der Waals surface area contributed by atoms with Crippen molar-refractivity contribution >= 4 is 5.69 Å². The molecular formula is C14H21NO. The minimum absolute atomic E-state index is 0.462. The Kier molecular flexibility index (Phi) is 3.83. The van der Waals surface area contributed by atoms with Gasteiger partial charge in [0.1, 0.15) is 0 Å². The maximum atomic E-state index is 5.33. The molecule has 1 heterocycles. The van der Waals surface area contributed by atoms with Crippen molar-refractivity contribution in [2.75, 3.05) is 24.6 Å². The number of hydrogen-bond donors (Lipinski definition) is 0. The molecule has 0 spiro atoms. The highest BCUT2D eigenvalue weighted by molar-refractivity contribution is 5.46. The van der Waals surface area contributed by atoms with E-state index in [1.165, 1.54) is 12.1 Å². The van der Waals surface area contributed by atoms with Crippen LogP contribution in [0.25, 0.3) is 0 Å². The van der Waals surface area contributed by atoms with E-state index in [2.05, 4.69) is 49.1 Å². The second-order valence-corrected chi connectivity index (χ2v) is 4.71. The maximum absolute atomic E-state index is 5.33. The lowest BCUT2D eigenvalue weighted by Gasteiger charge is -2.27. The van der Waals surface area contributed by atoms with Gasteiger partial charge in [-0.2, -0.15) is 0 Å². The summed E-state index contributed by atoms with van der Waals surface area (Å²) < 4.78 is 5.33. The molecule has 0 saturated carbocycles. The first-order chi connectivity index (χ1) is 7.79. The fraction of sp³-hybridized carbons (Fsp3) is 0.571. The molecule has 0 bridgehead atoms. The van der Waals surface area contributed by atoms with Crippen molar-refractivity contribution in [3.05, 3.63) is 30.3 Å². The number of ether oxygens (including phenoxy) is 1. The lowest BCUT2D eigenvalue weighted by Crippen LogP contribution is -2.31. The van der Waals surface area contributed by atoms with Crippen LogP contribution in [0.1, 0.15) is 20.3 Å². The zero-order chi connectivity index (χ0) is 11.4. The van der Waals surface area contributed by atoms with Gasteiger partial charge in [-0.3, -0.25) is 0 Å². The van der Waals surface area contributed by atoms with Crippen LogP contribution in [0.15, 0.2) is 30.3 Å². The van der Waals surface area contributed by atoms with Crippen molar-refractivity contribution in [1.29, 1.82) is 0 Å². The molecule has 2 nitrogen and oxygen atoms in total. The summed E-state index contributed by atoms with van der Waals surface area (Å²) in [5.41, 5.74) is 1.32. The van der Waals surface area contributed by atoms with Gasteiger partial charge in [-0.15, -0.1) is 0 Å². The largest absolute Gasteiger partial charge is 0.371 e. The standard InChI is InChI=1S/C14H21NO/c1-3-12(2)9-15(10-14-11-16-14)13-7-5-4-6-8-13/h4-8,12,14H,3,9-11H2,1-2H3. The van der Waals surface area contributed by atoms with E-state index in [1.54, 1.807) is 0 Å². The van der Waals surface area contributed by atoms with E-state index in [0.717, 1.165) is 25.6 Å². The van der Waals surface area contributed by atoms with Crippen molar-refractivity contribution in [2.24, 2.45) is 5.92 Å². The molecule has 0 amide bonds. The second kappa shape index (κ2) is 5.35. The Hall–Kier alpha value is -1.02. The van der Waals surface area contributed by atoms with Crippen LogP contribution in [0.4, 0.5) is 5.69 Å². The van der Waals surface area contributed by atoms with E-state index < -0.39 is 0 Å². The topological polar surface area (TPSA) is 15.8 Å². The number of epoxide rings is 1. The van der Waals surface area contributed by atoms with Crippen molar-refractivity contribution in [1.82, 2.24) is 0 Å². The summed E-state index contributed by atoms with van der Waals surface area (Å²) in [7, 11) is 0. The first-order valence-electron chi connectivity index (χ1n) is 6.21. The fourth-order valence-corrected chi connectivity index (χ4v) is 1.85. The second-order valence-electron chi connectivity index (χ2n) is 4.71. The molecule has 1 fully saturated rings. The van der Waals surface area contributed by atoms with Crippen LogP contribution in [0.2, 0.25) is 0 Å². The molecule has 1 aromatic carbocycles. The van der Waals surface area contributed by atoms with Crippen molar-refractivity contribution in [3.63, 3.8) is 0 Å². The van der Waals surface area contributed by atoms with Crippen molar-refractivity contribution in [2.45, 2.75) is 26.4 Å². The predicted molar refractivity (Wildman–Crippen MR) is 67.9 cm³/mol. The van der Waals surface area contributed by atoms with Gasteiger partial charge in [0, 0.05) is 18.8 Å². The van der Waals surface area contributed by atoms with Gasteiger partial charge in [-0.25, -0.2) is 0 Å². The quantitative estimate of drug-likeness (QED) is 0.684. The van der Waals surface area contributed by atoms with E-state index in [-0.39, 0.29) is 0 Å². The van der Waals surface area contributed by atoms with E-state index >= 15 is 0 Å². The van der Waals surface area contributed by atoms with Crippen LogP contribution in [-0.2, 0) is 4.74 Å². The Labute approximate surface area is 98.2 Å². The highest BCUT2D eigenvalue weighted by atomic mass is 16.6. The Morgan fingerprint density at radius 3 is 2.62 bits per heavy atom. The molecule has 16 heavy (non-hydrogen) atoms. The lowest BCUT2D eigenvalue weighted by molar-refractivity contribution is 0.402. The third-order valence-electron chi connectivity index (χ3n) is 3.18. The zero-order valence-corrected chi connectivity index (χ0v) is 10.2. The maximum Gasteiger partial charge on any atom is 0.0984 e. The van der Waals surface area contributed by atoms with Gasteiger partial charge >= 0.3 is 0 Å². The number of benzene rings is 1. The smallest absolute Gasteiger partial charge is 0.0984 e. The first kappa shape index (κ1) is 11.5. The minimum atomic E-state index is 0.462. The molecule has 0 N–H and O–H groups in total. The predicted octanol–water partition coefficient (Wildman–Crippen LogP) is 2.94. The SMILES string of the molecule is CCC(C)CN(CC1CO1)c1ccccc1. The summed E-state index contributed by atoms with van der Waals surface area (Å²) in [4.78, 5) is 2.45. The summed E-state index contributed by atoms with van der Waals surface area (Å²) >= 11 is 0. The first-order valence-corrected chi connectivity index (χ1v) is 6.21. The van der Waals surface area contributed by atoms with Crippen molar-refractivity contribution in [3.8, 4) is 0 Å². The fourth-order valence-electron chi connectivity index (χ4n) is 1.85. The van der Waals surface area contributed by atoms with Gasteiger partial charge in [0.25, 0.3) is 0 Å². The molecule has 2 rings (SSSR count). The summed E-state index contributed by atoms with van der Waals surface area (Å²) in [6.07, 6.45) is 1.69. The zero-order valence-electron chi connectivity index (χ0n) is 10.2. The van der Waals surface area contributed by atoms with Crippen LogP contribution in [-0.4, -0.2) is 25.8 Å². The number of anilines is 1. The molecule has 0 radical (unpaired) electrons. The van der Waals surface area contributed by atoms with Crippen molar-refractivity contribution < 1.29 is 4.74 Å². The molecule has 1 aromatic rings. The van der Waals surface area contributed by atoms with Crippen LogP contribution in [0, 0.1) is 5.92 Å². The molecule has 0 aliphatic carbocycles. The number of para-hydroxylation sites is 1. The van der Waals surface area contributed by atoms with Gasteiger partial charge in [-0.05, 0) is 18.1 Å². The summed E-state index contributed by atoms with van der Waals surface area (Å²) in [6.45, 7) is 7.66. The van der Waals surface area contributed by atoms with Crippen LogP contribution >= 0.6 is 0 Å². The summed E-state index contributed by atoms with van der Waals surface area (Å²) in [5, 5.41) is 0. The van der Waals surface area contributed by atoms with E-state index in [1.807, 2.05) is 0 Å². The normalized spacial score (nSPS) is 20.5. The monoisotopic (exact) mass is 219 g/mol. The number of rotatable bonds is 6. The molecular weight excluding hydrogens is 198 g/mol. The Morgan fingerprint density at radius 1 is 1.38 bits per heavy atom. The van der Waals surface area contributed by atoms with Gasteiger partial charge in [0.2, 0.25) is 0 Å². The third kappa shape index (κ3) is 3.24. The summed E-state index contributed by atoms with van der Waals surface area (Å²) in [5.74, 6) is 0.735. The average molecular weight is 219 g/mol. The molecule has 1 saturated heterocycles. The van der Waals surface area contributed by atoms with E-state index in [9.17, 15) is 0 Å². The molecule has 88 valence electrons. The number of hydrogen-bond acceptors (Lipinski definition) is 2. The lowest BCUT2D eigenvalue weighted by atomic mass is 10.1. The van der Waals surface area contributed by atoms with Gasteiger partial charge < -0.3 is 9.64 Å². The molecule has 2 unspecified atom stereocenters. The van der Waals surface area contributed by atoms with Gasteiger partial charge in [0.15, 0.2) is 0 Å². The van der Waals surface area contributed by atoms with E-state index in [4.69, 9.17) is 4.74 Å². The van der Waals surface area contributed by atoms with Crippen LogP contribution < -0.4 is 4.90 Å². The van der Waals surface area contributed by atoms with Gasteiger partial charge in [-0.1, -0.05) is 38.5 Å². The molecule has 2 heteroatoms. The number of nitrogens with zero attached hydrogens (tertiary/aromatic N) is 1. The third-order valence-corrected chi connectivity index (χ3v) is 3.18. The molecule has 1 aliphatic heterocycles. The Bertz CT molecular complexity index is 308. The van der Waals surface area contributed by atoms with Gasteiger partial charge in [0.05, 0.1) is 12.7 Å². The van der Waals surface area contributed by atoms with Crippen LogP contribution in [0.5, 0.6) is 0 Å². The molecule has 0 aromatic heterocycles. The molecule has 1 aliphatic rings. The Balaban J connectivity index is 2.01. The molecule has 2 atom stereocenters. The summed E-state index contributed by atoms with van der Waals surface area (Å²) in [6, 6.07) is 10.6.